The van der Waals surface area contributed by atoms with E-state index in [4.69, 9.17) is 14.6 Å². The van der Waals surface area contributed by atoms with Gasteiger partial charge in [-0.05, 0) is 42.3 Å². The molecule has 0 saturated heterocycles. The Morgan fingerprint density at radius 1 is 1.17 bits per heavy atom. The zero-order valence-corrected chi connectivity index (χ0v) is 13.6. The fourth-order valence-electron chi connectivity index (χ4n) is 2.04. The monoisotopic (exact) mass is 332 g/mol. The van der Waals surface area contributed by atoms with Crippen molar-refractivity contribution in [3.05, 3.63) is 59.2 Å². The maximum absolute atomic E-state index is 10.9. The van der Waals surface area contributed by atoms with Crippen molar-refractivity contribution in [3.63, 3.8) is 0 Å². The number of aliphatic hydroxyl groups is 2. The highest BCUT2D eigenvalue weighted by molar-refractivity contribution is 5.89. The van der Waals surface area contributed by atoms with E-state index in [2.05, 4.69) is 4.74 Å². The lowest BCUT2D eigenvalue weighted by atomic mass is 10.1. The average molecular weight is 332 g/mol. The van der Waals surface area contributed by atoms with Crippen LogP contribution in [0.15, 0.2) is 42.5 Å². The number of esters is 1. The van der Waals surface area contributed by atoms with Gasteiger partial charge in [-0.15, -0.1) is 0 Å². The molecule has 0 bridgehead atoms. The summed E-state index contributed by atoms with van der Waals surface area (Å²) in [4.78, 5) is 10.9. The van der Waals surface area contributed by atoms with Crippen molar-refractivity contribution in [1.29, 1.82) is 0 Å². The van der Waals surface area contributed by atoms with E-state index in [1.807, 2.05) is 12.1 Å². The van der Waals surface area contributed by atoms with Gasteiger partial charge in [0.15, 0.2) is 11.5 Å². The van der Waals surface area contributed by atoms with Gasteiger partial charge in [0.1, 0.15) is 0 Å². The molecule has 6 heteroatoms. The molecule has 0 radical (unpaired) electrons. The fourth-order valence-corrected chi connectivity index (χ4v) is 2.04. The van der Waals surface area contributed by atoms with E-state index in [1.54, 1.807) is 37.3 Å². The van der Waals surface area contributed by atoms with Crippen LogP contribution >= 0.6 is 0 Å². The highest BCUT2D eigenvalue weighted by atomic mass is 16.7. The molecular formula is C18H20O6. The minimum atomic E-state index is -0.459. The molecule has 128 valence electrons. The van der Waals surface area contributed by atoms with Gasteiger partial charge in [-0.3, -0.25) is 0 Å². The van der Waals surface area contributed by atoms with Crippen LogP contribution in [0.2, 0.25) is 0 Å². The topological polar surface area (TPSA) is 85.2 Å². The van der Waals surface area contributed by atoms with Crippen LogP contribution in [0.3, 0.4) is 0 Å². The van der Waals surface area contributed by atoms with Crippen molar-refractivity contribution < 1.29 is 29.2 Å². The molecule has 0 amide bonds. The standard InChI is InChI=1S/2C9H10O3/c1-6(10)7-2-3-8-9(4-7)12-5-11-8;1-12-9(11)8-4-2-7(6-10)3-5-8/h2-4,6,10H,5H2,1H3;2-5,10H,6H2,1H3. The van der Waals surface area contributed by atoms with Gasteiger partial charge in [-0.25, -0.2) is 4.79 Å². The van der Waals surface area contributed by atoms with Crippen molar-refractivity contribution in [2.24, 2.45) is 0 Å². The van der Waals surface area contributed by atoms with Gasteiger partial charge >= 0.3 is 5.97 Å². The quantitative estimate of drug-likeness (QED) is 0.840. The molecule has 2 aromatic carbocycles. The molecule has 0 fully saturated rings. The Morgan fingerprint density at radius 3 is 2.42 bits per heavy atom. The van der Waals surface area contributed by atoms with E-state index in [9.17, 15) is 9.90 Å². The summed E-state index contributed by atoms with van der Waals surface area (Å²) in [5, 5.41) is 18.0. The lowest BCUT2D eigenvalue weighted by Gasteiger charge is -2.04. The van der Waals surface area contributed by atoms with Gasteiger partial charge < -0.3 is 24.4 Å². The van der Waals surface area contributed by atoms with E-state index in [1.165, 1.54) is 7.11 Å². The predicted molar refractivity (Wildman–Crippen MR) is 86.9 cm³/mol. The molecule has 0 spiro atoms. The van der Waals surface area contributed by atoms with Crippen molar-refractivity contribution in [3.8, 4) is 11.5 Å². The van der Waals surface area contributed by atoms with Gasteiger partial charge in [-0.2, -0.15) is 0 Å². The van der Waals surface area contributed by atoms with Crippen molar-refractivity contribution in [1.82, 2.24) is 0 Å². The zero-order valence-electron chi connectivity index (χ0n) is 13.6. The minimum absolute atomic E-state index is 0.0124. The Labute approximate surface area is 140 Å². The number of fused-ring (bicyclic) bond motifs is 1. The first kappa shape index (κ1) is 17.8. The summed E-state index contributed by atoms with van der Waals surface area (Å²) in [6.07, 6.45) is -0.459. The van der Waals surface area contributed by atoms with E-state index >= 15 is 0 Å². The molecule has 24 heavy (non-hydrogen) atoms. The highest BCUT2D eigenvalue weighted by Gasteiger charge is 2.14. The van der Waals surface area contributed by atoms with Crippen LogP contribution in [-0.2, 0) is 11.3 Å². The first-order valence-corrected chi connectivity index (χ1v) is 7.41. The van der Waals surface area contributed by atoms with Crippen LogP contribution in [0.4, 0.5) is 0 Å². The average Bonchev–Trinajstić information content (AvgIpc) is 3.09. The Bertz CT molecular complexity index is 678. The lowest BCUT2D eigenvalue weighted by Crippen LogP contribution is -2.00. The molecule has 6 nitrogen and oxygen atoms in total. The number of benzene rings is 2. The van der Waals surface area contributed by atoms with Crippen LogP contribution in [0, 0.1) is 0 Å². The SMILES string of the molecule is CC(O)c1ccc2c(c1)OCO2.COC(=O)c1ccc(CO)cc1. The number of ether oxygens (including phenoxy) is 3. The molecule has 2 aromatic rings. The molecule has 0 aliphatic carbocycles. The molecule has 1 aliphatic rings. The summed E-state index contributed by atoms with van der Waals surface area (Å²) in [5.74, 6) is 1.10. The number of carbonyl (C=O) groups excluding carboxylic acids is 1. The molecule has 1 heterocycles. The Morgan fingerprint density at radius 2 is 1.83 bits per heavy atom. The van der Waals surface area contributed by atoms with Gasteiger partial charge in [0, 0.05) is 0 Å². The van der Waals surface area contributed by atoms with Crippen molar-refractivity contribution in [2.45, 2.75) is 19.6 Å². The second-order valence-corrected chi connectivity index (χ2v) is 5.14. The summed E-state index contributed by atoms with van der Waals surface area (Å²) in [6, 6.07) is 12.1. The van der Waals surface area contributed by atoms with Crippen LogP contribution in [0.25, 0.3) is 0 Å². The summed E-state index contributed by atoms with van der Waals surface area (Å²) in [7, 11) is 1.34. The smallest absolute Gasteiger partial charge is 0.337 e. The van der Waals surface area contributed by atoms with Gasteiger partial charge in [-0.1, -0.05) is 18.2 Å². The van der Waals surface area contributed by atoms with E-state index in [0.29, 0.717) is 11.3 Å². The molecule has 1 aliphatic heterocycles. The first-order chi connectivity index (χ1) is 11.5. The number of rotatable bonds is 3. The third-order valence-corrected chi connectivity index (χ3v) is 3.44. The first-order valence-electron chi connectivity index (χ1n) is 7.41. The number of carbonyl (C=O) groups is 1. The summed E-state index contributed by atoms with van der Waals surface area (Å²) < 4.78 is 14.8. The minimum Gasteiger partial charge on any atom is -0.465 e. The molecule has 1 atom stereocenters. The molecular weight excluding hydrogens is 312 g/mol. The van der Waals surface area contributed by atoms with E-state index < -0.39 is 6.10 Å². The Hall–Kier alpha value is -2.57. The maximum atomic E-state index is 10.9. The number of aliphatic hydroxyl groups excluding tert-OH is 2. The molecule has 2 N–H and O–H groups in total. The summed E-state index contributed by atoms with van der Waals surface area (Å²) in [6.45, 7) is 1.98. The number of methoxy groups -OCH3 is 1. The summed E-state index contributed by atoms with van der Waals surface area (Å²) in [5.41, 5.74) is 2.12. The third-order valence-electron chi connectivity index (χ3n) is 3.44. The molecule has 1 unspecified atom stereocenters. The number of hydrogen-bond donors (Lipinski definition) is 2. The van der Waals surface area contributed by atoms with Gasteiger partial charge in [0.25, 0.3) is 0 Å². The molecule has 3 rings (SSSR count). The Balaban J connectivity index is 0.000000174. The second kappa shape index (κ2) is 8.33. The van der Waals surface area contributed by atoms with Crippen LogP contribution in [0.1, 0.15) is 34.5 Å². The lowest BCUT2D eigenvalue weighted by molar-refractivity contribution is 0.0600. The maximum Gasteiger partial charge on any atom is 0.337 e. The van der Waals surface area contributed by atoms with E-state index in [-0.39, 0.29) is 19.4 Å². The van der Waals surface area contributed by atoms with Gasteiger partial charge in [0.2, 0.25) is 6.79 Å². The summed E-state index contributed by atoms with van der Waals surface area (Å²) >= 11 is 0. The van der Waals surface area contributed by atoms with E-state index in [0.717, 1.165) is 16.9 Å². The fraction of sp³-hybridized carbons (Fsp3) is 0.278. The predicted octanol–water partition coefficient (Wildman–Crippen LogP) is 2.43. The van der Waals surface area contributed by atoms with Crippen LogP contribution in [-0.4, -0.2) is 30.1 Å². The third kappa shape index (κ3) is 4.47. The molecule has 0 aromatic heterocycles. The number of hydrogen-bond acceptors (Lipinski definition) is 6. The second-order valence-electron chi connectivity index (χ2n) is 5.14. The zero-order chi connectivity index (χ0) is 17.5. The Kier molecular flexibility index (Phi) is 6.17. The van der Waals surface area contributed by atoms with Crippen molar-refractivity contribution in [2.75, 3.05) is 13.9 Å². The van der Waals surface area contributed by atoms with Gasteiger partial charge in [0.05, 0.1) is 25.4 Å². The normalized spacial score (nSPS) is 12.8. The van der Waals surface area contributed by atoms with Crippen molar-refractivity contribution >= 4 is 5.97 Å². The highest BCUT2D eigenvalue weighted by Crippen LogP contribution is 2.33. The largest absolute Gasteiger partial charge is 0.465 e. The molecule has 0 saturated carbocycles. The van der Waals surface area contributed by atoms with Crippen LogP contribution in [0.5, 0.6) is 11.5 Å². The van der Waals surface area contributed by atoms with Crippen LogP contribution < -0.4 is 9.47 Å².